The molecule has 0 unspecified atom stereocenters. The van der Waals surface area contributed by atoms with Crippen LogP contribution in [0.1, 0.15) is 32.6 Å². The summed E-state index contributed by atoms with van der Waals surface area (Å²) in [4.78, 5) is 8.46. The Morgan fingerprint density at radius 2 is 2.11 bits per heavy atom. The molecular weight excluding hydrogens is 250 g/mol. The fraction of sp³-hybridized carbons (Fsp3) is 0.417. The predicted octanol–water partition coefficient (Wildman–Crippen LogP) is 3.21. The zero-order valence-electron chi connectivity index (χ0n) is 10.7. The molecule has 2 aromatic heterocycles. The number of halogens is 1. The molecule has 0 radical (unpaired) electrons. The SMILES string of the molecule is CCc1nc(Cl)cc(Nc2ccn(C(C)C)n2)n1. The van der Waals surface area contributed by atoms with Crippen LogP contribution < -0.4 is 5.32 Å². The summed E-state index contributed by atoms with van der Waals surface area (Å²) < 4.78 is 1.88. The molecule has 18 heavy (non-hydrogen) atoms. The first-order valence-corrected chi connectivity index (χ1v) is 6.32. The van der Waals surface area contributed by atoms with Crippen LogP contribution in [0.15, 0.2) is 18.3 Å². The smallest absolute Gasteiger partial charge is 0.153 e. The summed E-state index contributed by atoms with van der Waals surface area (Å²) >= 11 is 5.93. The largest absolute Gasteiger partial charge is 0.323 e. The molecule has 0 spiro atoms. The highest BCUT2D eigenvalue weighted by Crippen LogP contribution is 2.17. The third-order valence-electron chi connectivity index (χ3n) is 2.45. The van der Waals surface area contributed by atoms with E-state index in [0.29, 0.717) is 22.8 Å². The highest BCUT2D eigenvalue weighted by molar-refractivity contribution is 6.29. The highest BCUT2D eigenvalue weighted by atomic mass is 35.5. The maximum atomic E-state index is 5.93. The molecule has 2 heterocycles. The number of aryl methyl sites for hydroxylation is 1. The monoisotopic (exact) mass is 265 g/mol. The molecule has 0 aliphatic carbocycles. The van der Waals surface area contributed by atoms with Crippen LogP contribution in [0.4, 0.5) is 11.6 Å². The Hall–Kier alpha value is -1.62. The summed E-state index contributed by atoms with van der Waals surface area (Å²) in [6.45, 7) is 6.14. The van der Waals surface area contributed by atoms with Crippen LogP contribution in [0, 0.1) is 0 Å². The zero-order chi connectivity index (χ0) is 13.1. The molecular formula is C12H16ClN5. The van der Waals surface area contributed by atoms with Crippen LogP contribution in [0.25, 0.3) is 0 Å². The molecule has 0 fully saturated rings. The van der Waals surface area contributed by atoms with Crippen LogP contribution >= 0.6 is 11.6 Å². The van der Waals surface area contributed by atoms with Gasteiger partial charge in [-0.1, -0.05) is 18.5 Å². The second-order valence-electron chi connectivity index (χ2n) is 4.25. The lowest BCUT2D eigenvalue weighted by Crippen LogP contribution is -2.03. The quantitative estimate of drug-likeness (QED) is 0.863. The molecule has 96 valence electrons. The lowest BCUT2D eigenvalue weighted by atomic mass is 10.4. The van der Waals surface area contributed by atoms with Crippen molar-refractivity contribution in [2.45, 2.75) is 33.2 Å². The average molecular weight is 266 g/mol. The van der Waals surface area contributed by atoms with Gasteiger partial charge in [0.25, 0.3) is 0 Å². The molecule has 0 saturated carbocycles. The van der Waals surface area contributed by atoms with Gasteiger partial charge >= 0.3 is 0 Å². The Morgan fingerprint density at radius 3 is 2.72 bits per heavy atom. The lowest BCUT2D eigenvalue weighted by Gasteiger charge is -2.06. The number of rotatable bonds is 4. The van der Waals surface area contributed by atoms with Crippen molar-refractivity contribution in [3.05, 3.63) is 29.3 Å². The number of anilines is 2. The van der Waals surface area contributed by atoms with Crippen molar-refractivity contribution >= 4 is 23.2 Å². The Labute approximate surface area is 111 Å². The Balaban J connectivity index is 2.19. The van der Waals surface area contributed by atoms with Gasteiger partial charge in [0, 0.05) is 30.8 Å². The Morgan fingerprint density at radius 1 is 1.33 bits per heavy atom. The van der Waals surface area contributed by atoms with E-state index in [9.17, 15) is 0 Å². The molecule has 0 atom stereocenters. The first kappa shape index (κ1) is 12.8. The fourth-order valence-electron chi connectivity index (χ4n) is 1.51. The summed E-state index contributed by atoms with van der Waals surface area (Å²) in [6.07, 6.45) is 2.67. The molecule has 2 rings (SSSR count). The minimum atomic E-state index is 0.334. The minimum Gasteiger partial charge on any atom is -0.323 e. The average Bonchev–Trinajstić information content (AvgIpc) is 2.76. The number of nitrogens with zero attached hydrogens (tertiary/aromatic N) is 4. The van der Waals surface area contributed by atoms with Crippen molar-refractivity contribution in [3.8, 4) is 0 Å². The standard InChI is InChI=1S/C12H16ClN5/c1-4-10-14-9(13)7-12(15-10)16-11-5-6-18(17-11)8(2)3/h5-8H,4H2,1-3H3,(H,14,15,16,17). The molecule has 6 heteroatoms. The molecule has 0 amide bonds. The minimum absolute atomic E-state index is 0.334. The molecule has 0 saturated heterocycles. The van der Waals surface area contributed by atoms with Gasteiger partial charge in [-0.05, 0) is 13.8 Å². The van der Waals surface area contributed by atoms with E-state index in [-0.39, 0.29) is 0 Å². The summed E-state index contributed by atoms with van der Waals surface area (Å²) in [5, 5.41) is 7.96. The Bertz CT molecular complexity index is 535. The van der Waals surface area contributed by atoms with Gasteiger partial charge in [0.2, 0.25) is 0 Å². The van der Waals surface area contributed by atoms with E-state index in [2.05, 4.69) is 34.2 Å². The van der Waals surface area contributed by atoms with Crippen LogP contribution in [-0.2, 0) is 6.42 Å². The maximum Gasteiger partial charge on any atom is 0.153 e. The predicted molar refractivity (Wildman–Crippen MR) is 72.3 cm³/mol. The summed E-state index contributed by atoms with van der Waals surface area (Å²) in [6, 6.07) is 3.93. The molecule has 5 nitrogen and oxygen atoms in total. The van der Waals surface area contributed by atoms with Crippen molar-refractivity contribution in [1.82, 2.24) is 19.7 Å². The van der Waals surface area contributed by atoms with E-state index >= 15 is 0 Å². The maximum absolute atomic E-state index is 5.93. The van der Waals surface area contributed by atoms with Crippen molar-refractivity contribution in [1.29, 1.82) is 0 Å². The van der Waals surface area contributed by atoms with Crippen molar-refractivity contribution in [3.63, 3.8) is 0 Å². The van der Waals surface area contributed by atoms with E-state index in [1.54, 1.807) is 6.07 Å². The van der Waals surface area contributed by atoms with Gasteiger partial charge in [0.05, 0.1) is 0 Å². The summed E-state index contributed by atoms with van der Waals surface area (Å²) in [5.41, 5.74) is 0. The third-order valence-corrected chi connectivity index (χ3v) is 2.64. The fourth-order valence-corrected chi connectivity index (χ4v) is 1.71. The van der Waals surface area contributed by atoms with E-state index in [0.717, 1.165) is 12.2 Å². The first-order valence-electron chi connectivity index (χ1n) is 5.94. The molecule has 0 aliphatic heterocycles. The van der Waals surface area contributed by atoms with Crippen molar-refractivity contribution < 1.29 is 0 Å². The second kappa shape index (κ2) is 5.35. The molecule has 0 aliphatic rings. The first-order chi connectivity index (χ1) is 8.58. The highest BCUT2D eigenvalue weighted by Gasteiger charge is 2.05. The molecule has 1 N–H and O–H groups in total. The lowest BCUT2D eigenvalue weighted by molar-refractivity contribution is 0.534. The van der Waals surface area contributed by atoms with Gasteiger partial charge < -0.3 is 5.32 Å². The van der Waals surface area contributed by atoms with Crippen LogP contribution in [0.3, 0.4) is 0 Å². The number of nitrogens with one attached hydrogen (secondary N) is 1. The Kier molecular flexibility index (Phi) is 3.81. The van der Waals surface area contributed by atoms with Crippen molar-refractivity contribution in [2.75, 3.05) is 5.32 Å². The molecule has 0 bridgehead atoms. The topological polar surface area (TPSA) is 55.6 Å². The van der Waals surface area contributed by atoms with Crippen LogP contribution in [0.5, 0.6) is 0 Å². The van der Waals surface area contributed by atoms with Gasteiger partial charge in [0.1, 0.15) is 16.8 Å². The van der Waals surface area contributed by atoms with E-state index in [1.807, 2.05) is 23.9 Å². The van der Waals surface area contributed by atoms with Gasteiger partial charge in [0.15, 0.2) is 5.82 Å². The second-order valence-corrected chi connectivity index (χ2v) is 4.63. The zero-order valence-corrected chi connectivity index (χ0v) is 11.4. The summed E-state index contributed by atoms with van der Waals surface area (Å²) in [7, 11) is 0. The number of hydrogen-bond donors (Lipinski definition) is 1. The summed E-state index contributed by atoms with van der Waals surface area (Å²) in [5.74, 6) is 2.13. The third kappa shape index (κ3) is 2.98. The van der Waals surface area contributed by atoms with Crippen LogP contribution in [-0.4, -0.2) is 19.7 Å². The number of hydrogen-bond acceptors (Lipinski definition) is 4. The normalized spacial score (nSPS) is 10.9. The van der Waals surface area contributed by atoms with E-state index in [1.165, 1.54) is 0 Å². The molecule has 2 aromatic rings. The number of aromatic nitrogens is 4. The molecule has 0 aromatic carbocycles. The van der Waals surface area contributed by atoms with Crippen molar-refractivity contribution in [2.24, 2.45) is 0 Å². The van der Waals surface area contributed by atoms with Gasteiger partial charge in [-0.25, -0.2) is 9.97 Å². The van der Waals surface area contributed by atoms with E-state index < -0.39 is 0 Å². The van der Waals surface area contributed by atoms with Gasteiger partial charge in [-0.15, -0.1) is 0 Å². The van der Waals surface area contributed by atoms with Gasteiger partial charge in [-0.2, -0.15) is 5.10 Å². The van der Waals surface area contributed by atoms with E-state index in [4.69, 9.17) is 11.6 Å². The van der Waals surface area contributed by atoms with Gasteiger partial charge in [-0.3, -0.25) is 4.68 Å². The van der Waals surface area contributed by atoms with Crippen LogP contribution in [0.2, 0.25) is 5.15 Å².